The summed E-state index contributed by atoms with van der Waals surface area (Å²) >= 11 is 0. The molecule has 1 rings (SSSR count). The van der Waals surface area contributed by atoms with Crippen LogP contribution >= 0.6 is 0 Å². The third-order valence-electron chi connectivity index (χ3n) is 3.39. The zero-order chi connectivity index (χ0) is 18.7. The Morgan fingerprint density at radius 2 is 1.84 bits per heavy atom. The van der Waals surface area contributed by atoms with Gasteiger partial charge in [-0.15, -0.1) is 0 Å². The van der Waals surface area contributed by atoms with Crippen LogP contribution in [0.3, 0.4) is 0 Å². The maximum absolute atomic E-state index is 11.2. The van der Waals surface area contributed by atoms with Crippen LogP contribution in [-0.2, 0) is 21.2 Å². The summed E-state index contributed by atoms with van der Waals surface area (Å²) in [7, 11) is -1.91. The number of nitrogens with one attached hydrogen (secondary N) is 2. The molecule has 0 saturated heterocycles. The van der Waals surface area contributed by atoms with Crippen molar-refractivity contribution in [1.29, 1.82) is 0 Å². The van der Waals surface area contributed by atoms with E-state index in [4.69, 9.17) is 9.88 Å². The third-order valence-corrected chi connectivity index (χ3v) is 4.32. The van der Waals surface area contributed by atoms with Crippen LogP contribution in [-0.4, -0.2) is 47.7 Å². The van der Waals surface area contributed by atoms with Gasteiger partial charge in [-0.1, -0.05) is 26.0 Å². The molecule has 0 aliphatic heterocycles. The van der Waals surface area contributed by atoms with Crippen LogP contribution in [0.4, 0.5) is 0 Å². The minimum absolute atomic E-state index is 0.126. The van der Waals surface area contributed by atoms with Crippen LogP contribution in [0, 0.1) is 5.92 Å². The van der Waals surface area contributed by atoms with Crippen LogP contribution in [0.25, 0.3) is 0 Å². The molecular formula is C17H30N4O3S. The van der Waals surface area contributed by atoms with Crippen molar-refractivity contribution in [2.75, 3.05) is 33.4 Å². The molecule has 0 saturated carbocycles. The van der Waals surface area contributed by atoms with Crippen LogP contribution < -0.4 is 15.8 Å². The SMILES string of the molecule is CN=C(NCCCOCC(C)C)NCCc1ccc(S(N)(=O)=O)cc1. The maximum atomic E-state index is 11.2. The largest absolute Gasteiger partial charge is 0.381 e. The van der Waals surface area contributed by atoms with Gasteiger partial charge < -0.3 is 15.4 Å². The highest BCUT2D eigenvalue weighted by molar-refractivity contribution is 7.89. The van der Waals surface area contributed by atoms with Gasteiger partial charge in [-0.05, 0) is 36.5 Å². The van der Waals surface area contributed by atoms with E-state index in [-0.39, 0.29) is 4.90 Å². The van der Waals surface area contributed by atoms with Crippen molar-refractivity contribution < 1.29 is 13.2 Å². The molecule has 0 radical (unpaired) electrons. The van der Waals surface area contributed by atoms with E-state index in [9.17, 15) is 8.42 Å². The molecule has 0 aliphatic rings. The summed E-state index contributed by atoms with van der Waals surface area (Å²) in [5.41, 5.74) is 1.03. The first-order chi connectivity index (χ1) is 11.8. The predicted molar refractivity (Wildman–Crippen MR) is 101 cm³/mol. The normalized spacial score (nSPS) is 12.4. The first-order valence-electron chi connectivity index (χ1n) is 8.47. The number of nitrogens with two attached hydrogens (primary N) is 1. The standard InChI is InChI=1S/C17H30N4O3S/c1-14(2)13-24-12-4-10-20-17(19-3)21-11-9-15-5-7-16(8-6-15)25(18,22)23/h5-8,14H,4,9-13H2,1-3H3,(H2,18,22,23)(H2,19,20,21). The summed E-state index contributed by atoms with van der Waals surface area (Å²) in [6.45, 7) is 7.27. The average Bonchev–Trinajstić information content (AvgIpc) is 2.55. The molecule has 0 fully saturated rings. The second-order valence-electron chi connectivity index (χ2n) is 6.19. The van der Waals surface area contributed by atoms with Gasteiger partial charge in [-0.2, -0.15) is 0 Å². The van der Waals surface area contributed by atoms with Crippen LogP contribution in [0.1, 0.15) is 25.8 Å². The second kappa shape index (κ2) is 11.1. The van der Waals surface area contributed by atoms with Crippen molar-refractivity contribution in [2.45, 2.75) is 31.6 Å². The lowest BCUT2D eigenvalue weighted by Gasteiger charge is -2.12. The van der Waals surface area contributed by atoms with E-state index in [0.717, 1.165) is 44.1 Å². The number of ether oxygens (including phenoxy) is 1. The Morgan fingerprint density at radius 1 is 1.20 bits per heavy atom. The first-order valence-corrected chi connectivity index (χ1v) is 10.0. The van der Waals surface area contributed by atoms with Crippen LogP contribution in [0.15, 0.2) is 34.2 Å². The summed E-state index contributed by atoms with van der Waals surface area (Å²) in [5, 5.41) is 11.5. The number of aliphatic imine (C=N–C) groups is 1. The minimum atomic E-state index is -3.63. The van der Waals surface area contributed by atoms with Gasteiger partial charge in [-0.25, -0.2) is 13.6 Å². The van der Waals surface area contributed by atoms with Gasteiger partial charge in [0.15, 0.2) is 5.96 Å². The van der Waals surface area contributed by atoms with Crippen LogP contribution in [0.2, 0.25) is 0 Å². The van der Waals surface area contributed by atoms with Crippen molar-refractivity contribution >= 4 is 16.0 Å². The van der Waals surface area contributed by atoms with E-state index >= 15 is 0 Å². The van der Waals surface area contributed by atoms with Gasteiger partial charge in [0.25, 0.3) is 0 Å². The Bertz CT molecular complexity index is 628. The van der Waals surface area contributed by atoms with E-state index < -0.39 is 10.0 Å². The summed E-state index contributed by atoms with van der Waals surface area (Å²) in [6.07, 6.45) is 1.67. The fourth-order valence-electron chi connectivity index (χ4n) is 2.09. The number of sulfonamides is 1. The molecule has 0 unspecified atom stereocenters. The number of rotatable bonds is 10. The molecule has 7 nitrogen and oxygen atoms in total. The van der Waals surface area contributed by atoms with Crippen molar-refractivity contribution in [2.24, 2.45) is 16.0 Å². The lowest BCUT2D eigenvalue weighted by atomic mass is 10.1. The Kier molecular flexibility index (Phi) is 9.48. The number of primary sulfonamides is 1. The molecule has 25 heavy (non-hydrogen) atoms. The third kappa shape index (κ3) is 9.42. The minimum Gasteiger partial charge on any atom is -0.381 e. The summed E-state index contributed by atoms with van der Waals surface area (Å²) in [4.78, 5) is 4.30. The van der Waals surface area contributed by atoms with E-state index in [0.29, 0.717) is 12.5 Å². The molecule has 1 aromatic carbocycles. The molecular weight excluding hydrogens is 340 g/mol. The van der Waals surface area contributed by atoms with Crippen molar-refractivity contribution in [1.82, 2.24) is 10.6 Å². The Morgan fingerprint density at radius 3 is 2.40 bits per heavy atom. The smallest absolute Gasteiger partial charge is 0.238 e. The Labute approximate surface area is 151 Å². The molecule has 0 heterocycles. The zero-order valence-electron chi connectivity index (χ0n) is 15.3. The zero-order valence-corrected chi connectivity index (χ0v) is 16.1. The van der Waals surface area contributed by atoms with Crippen molar-refractivity contribution in [3.8, 4) is 0 Å². The van der Waals surface area contributed by atoms with Crippen molar-refractivity contribution in [3.63, 3.8) is 0 Å². The fourth-order valence-corrected chi connectivity index (χ4v) is 2.61. The van der Waals surface area contributed by atoms with Gasteiger partial charge in [-0.3, -0.25) is 4.99 Å². The van der Waals surface area contributed by atoms with Gasteiger partial charge >= 0.3 is 0 Å². The molecule has 4 N–H and O–H groups in total. The highest BCUT2D eigenvalue weighted by atomic mass is 32.2. The number of guanidine groups is 1. The predicted octanol–water partition coefficient (Wildman–Crippen LogP) is 1.10. The molecule has 0 spiro atoms. The van der Waals surface area contributed by atoms with E-state index in [1.54, 1.807) is 19.2 Å². The molecule has 0 amide bonds. The van der Waals surface area contributed by atoms with Crippen molar-refractivity contribution in [3.05, 3.63) is 29.8 Å². The number of benzene rings is 1. The molecule has 0 aliphatic carbocycles. The highest BCUT2D eigenvalue weighted by Gasteiger charge is 2.06. The molecule has 0 aromatic heterocycles. The average molecular weight is 371 g/mol. The van der Waals surface area contributed by atoms with Gasteiger partial charge in [0, 0.05) is 33.4 Å². The molecule has 0 bridgehead atoms. The highest BCUT2D eigenvalue weighted by Crippen LogP contribution is 2.08. The quantitative estimate of drug-likeness (QED) is 0.325. The molecule has 0 atom stereocenters. The lowest BCUT2D eigenvalue weighted by molar-refractivity contribution is 0.108. The maximum Gasteiger partial charge on any atom is 0.238 e. The van der Waals surface area contributed by atoms with E-state index in [1.807, 2.05) is 0 Å². The second-order valence-corrected chi connectivity index (χ2v) is 7.75. The number of hydrogen-bond acceptors (Lipinski definition) is 4. The topological polar surface area (TPSA) is 106 Å². The number of nitrogens with zero attached hydrogens (tertiary/aromatic N) is 1. The molecule has 8 heteroatoms. The molecule has 1 aromatic rings. The van der Waals surface area contributed by atoms with E-state index in [2.05, 4.69) is 29.5 Å². The van der Waals surface area contributed by atoms with E-state index in [1.165, 1.54) is 12.1 Å². The summed E-state index contributed by atoms with van der Waals surface area (Å²) in [5.74, 6) is 1.30. The Balaban J connectivity index is 2.24. The Hall–Kier alpha value is -1.64. The van der Waals surface area contributed by atoms with Gasteiger partial charge in [0.2, 0.25) is 10.0 Å². The first kappa shape index (κ1) is 21.4. The van der Waals surface area contributed by atoms with Gasteiger partial charge in [0.1, 0.15) is 0 Å². The number of hydrogen-bond donors (Lipinski definition) is 3. The summed E-state index contributed by atoms with van der Waals surface area (Å²) < 4.78 is 28.0. The van der Waals surface area contributed by atoms with Crippen LogP contribution in [0.5, 0.6) is 0 Å². The molecule has 142 valence electrons. The lowest BCUT2D eigenvalue weighted by Crippen LogP contribution is -2.39. The summed E-state index contributed by atoms with van der Waals surface area (Å²) in [6, 6.07) is 6.58. The van der Waals surface area contributed by atoms with Gasteiger partial charge in [0.05, 0.1) is 4.90 Å². The monoisotopic (exact) mass is 370 g/mol. The fraction of sp³-hybridized carbons (Fsp3) is 0.588.